The van der Waals surface area contributed by atoms with E-state index in [-0.39, 0.29) is 11.5 Å². The molecule has 9 nitrogen and oxygen atoms in total. The number of amides is 1. The average molecular weight is 454 g/mol. The fourth-order valence-corrected chi connectivity index (χ4v) is 3.90. The molecule has 0 spiro atoms. The van der Waals surface area contributed by atoms with Gasteiger partial charge in [-0.1, -0.05) is 24.3 Å². The number of nitrogens with one attached hydrogen (secondary N) is 1. The van der Waals surface area contributed by atoms with E-state index in [0.717, 1.165) is 11.3 Å². The molecule has 1 atom stereocenters. The maximum atomic E-state index is 13.7. The van der Waals surface area contributed by atoms with Gasteiger partial charge < -0.3 is 9.88 Å². The Labute approximate surface area is 195 Å². The third kappa shape index (κ3) is 3.77. The third-order valence-corrected chi connectivity index (χ3v) is 5.67. The van der Waals surface area contributed by atoms with Gasteiger partial charge in [0, 0.05) is 31.3 Å². The fourth-order valence-electron chi connectivity index (χ4n) is 3.90. The molecule has 0 fully saturated rings. The van der Waals surface area contributed by atoms with Crippen LogP contribution in [0.1, 0.15) is 24.2 Å². The average Bonchev–Trinajstić information content (AvgIpc) is 3.54. The standard InChI is InChI=1S/C25H23N7O2/c1-17-22-21(24(30-13-6-7-14-30)32(29-22)20-10-4-3-5-11-20)25(34)31(28-17)18(2)23(33)27-16-19-9-8-12-26-15-19/h3-15,18H,16H2,1-2H3,(H,27,33)/t18-/m0/s1. The van der Waals surface area contributed by atoms with Gasteiger partial charge in [0.2, 0.25) is 5.91 Å². The highest BCUT2D eigenvalue weighted by molar-refractivity contribution is 5.88. The van der Waals surface area contributed by atoms with Gasteiger partial charge in [0.1, 0.15) is 16.9 Å². The summed E-state index contributed by atoms with van der Waals surface area (Å²) in [5, 5.41) is 12.4. The van der Waals surface area contributed by atoms with Crippen molar-refractivity contribution in [2.75, 3.05) is 0 Å². The van der Waals surface area contributed by atoms with Crippen molar-refractivity contribution in [3.63, 3.8) is 0 Å². The summed E-state index contributed by atoms with van der Waals surface area (Å²) in [5.74, 6) is 0.286. The van der Waals surface area contributed by atoms with Crippen LogP contribution in [0, 0.1) is 6.92 Å². The maximum absolute atomic E-state index is 13.7. The Kier molecular flexibility index (Phi) is 5.51. The van der Waals surface area contributed by atoms with Crippen LogP contribution in [-0.2, 0) is 11.3 Å². The van der Waals surface area contributed by atoms with Crippen LogP contribution in [0.25, 0.3) is 22.4 Å². The Morgan fingerprint density at radius 3 is 2.50 bits per heavy atom. The highest BCUT2D eigenvalue weighted by Gasteiger charge is 2.25. The normalized spacial score (nSPS) is 12.1. The van der Waals surface area contributed by atoms with Crippen molar-refractivity contribution >= 4 is 16.8 Å². The summed E-state index contributed by atoms with van der Waals surface area (Å²) in [5.41, 5.74) is 2.36. The SMILES string of the molecule is Cc1nn([C@@H](C)C(=O)NCc2cccnc2)c(=O)c2c(-n3cccc3)n(-c3ccccc3)nc12. The molecule has 170 valence electrons. The second kappa shape index (κ2) is 8.78. The minimum absolute atomic E-state index is 0.310. The minimum atomic E-state index is -0.815. The van der Waals surface area contributed by atoms with Gasteiger partial charge in [-0.2, -0.15) is 10.2 Å². The Morgan fingerprint density at radius 1 is 1.03 bits per heavy atom. The molecule has 0 aliphatic heterocycles. The van der Waals surface area contributed by atoms with Gasteiger partial charge in [-0.25, -0.2) is 9.36 Å². The lowest BCUT2D eigenvalue weighted by molar-refractivity contribution is -0.124. The number of para-hydroxylation sites is 1. The third-order valence-electron chi connectivity index (χ3n) is 5.67. The highest BCUT2D eigenvalue weighted by atomic mass is 16.2. The van der Waals surface area contributed by atoms with Crippen molar-refractivity contribution in [1.82, 2.24) is 34.4 Å². The van der Waals surface area contributed by atoms with Crippen LogP contribution in [0.15, 0.2) is 84.2 Å². The van der Waals surface area contributed by atoms with Crippen LogP contribution in [0.3, 0.4) is 0 Å². The molecular formula is C25H23N7O2. The molecule has 5 rings (SSSR count). The zero-order valence-electron chi connectivity index (χ0n) is 18.8. The molecule has 4 aromatic heterocycles. The lowest BCUT2D eigenvalue weighted by Crippen LogP contribution is -2.37. The minimum Gasteiger partial charge on any atom is -0.350 e. The summed E-state index contributed by atoms with van der Waals surface area (Å²) >= 11 is 0. The molecule has 0 saturated carbocycles. The van der Waals surface area contributed by atoms with Crippen LogP contribution in [-0.4, -0.2) is 35.0 Å². The van der Waals surface area contributed by atoms with Gasteiger partial charge in [0.25, 0.3) is 5.56 Å². The molecule has 0 saturated heterocycles. The van der Waals surface area contributed by atoms with E-state index in [1.54, 1.807) is 37.0 Å². The number of nitrogens with zero attached hydrogens (tertiary/aromatic N) is 6. The summed E-state index contributed by atoms with van der Waals surface area (Å²) < 4.78 is 4.82. The predicted molar refractivity (Wildman–Crippen MR) is 128 cm³/mol. The van der Waals surface area contributed by atoms with E-state index < -0.39 is 6.04 Å². The van der Waals surface area contributed by atoms with Crippen LogP contribution in [0.4, 0.5) is 0 Å². The number of pyridine rings is 1. The van der Waals surface area contributed by atoms with E-state index in [1.165, 1.54) is 4.68 Å². The maximum Gasteiger partial charge on any atom is 0.280 e. The number of rotatable bonds is 6. The first-order valence-electron chi connectivity index (χ1n) is 10.9. The van der Waals surface area contributed by atoms with E-state index in [9.17, 15) is 9.59 Å². The fraction of sp³-hybridized carbons (Fsp3) is 0.160. The molecule has 1 aromatic carbocycles. The number of benzene rings is 1. The molecule has 0 bridgehead atoms. The van der Waals surface area contributed by atoms with Gasteiger partial charge in [0.05, 0.1) is 11.4 Å². The molecule has 4 heterocycles. The van der Waals surface area contributed by atoms with E-state index in [0.29, 0.717) is 29.0 Å². The van der Waals surface area contributed by atoms with Crippen LogP contribution < -0.4 is 10.9 Å². The number of aryl methyl sites for hydroxylation is 1. The number of carbonyl (C=O) groups excluding carboxylic acids is 1. The number of carbonyl (C=O) groups is 1. The lowest BCUT2D eigenvalue weighted by Gasteiger charge is -2.15. The zero-order chi connectivity index (χ0) is 23.7. The van der Waals surface area contributed by atoms with E-state index in [2.05, 4.69) is 15.4 Å². The topological polar surface area (TPSA) is 99.6 Å². The van der Waals surface area contributed by atoms with Gasteiger partial charge in [-0.05, 0) is 49.7 Å². The van der Waals surface area contributed by atoms with E-state index in [1.807, 2.05) is 65.5 Å². The second-order valence-corrected chi connectivity index (χ2v) is 7.98. The molecule has 1 amide bonds. The molecule has 34 heavy (non-hydrogen) atoms. The van der Waals surface area contributed by atoms with Crippen LogP contribution in [0.2, 0.25) is 0 Å². The molecule has 1 N–H and O–H groups in total. The molecule has 5 aromatic rings. The molecule has 0 aliphatic rings. The molecular weight excluding hydrogens is 430 g/mol. The highest BCUT2D eigenvalue weighted by Crippen LogP contribution is 2.25. The molecule has 9 heteroatoms. The number of hydrogen-bond acceptors (Lipinski definition) is 5. The van der Waals surface area contributed by atoms with Crippen LogP contribution >= 0.6 is 0 Å². The predicted octanol–water partition coefficient (Wildman–Crippen LogP) is 2.95. The van der Waals surface area contributed by atoms with Gasteiger partial charge in [-0.15, -0.1) is 0 Å². The molecule has 0 aliphatic carbocycles. The van der Waals surface area contributed by atoms with Gasteiger partial charge in [0.15, 0.2) is 5.82 Å². The van der Waals surface area contributed by atoms with Gasteiger partial charge in [-0.3, -0.25) is 14.6 Å². The Bertz CT molecular complexity index is 1500. The first kappa shape index (κ1) is 21.3. The first-order chi connectivity index (χ1) is 16.5. The van der Waals surface area contributed by atoms with E-state index in [4.69, 9.17) is 5.10 Å². The summed E-state index contributed by atoms with van der Waals surface area (Å²) in [4.78, 5) is 30.7. The van der Waals surface area contributed by atoms with Crippen molar-refractivity contribution in [2.45, 2.75) is 26.4 Å². The van der Waals surface area contributed by atoms with Gasteiger partial charge >= 0.3 is 0 Å². The van der Waals surface area contributed by atoms with E-state index >= 15 is 0 Å². The lowest BCUT2D eigenvalue weighted by atomic mass is 10.2. The second-order valence-electron chi connectivity index (χ2n) is 7.98. The Balaban J connectivity index is 1.61. The largest absolute Gasteiger partial charge is 0.350 e. The van der Waals surface area contributed by atoms with Crippen molar-refractivity contribution in [3.05, 3.63) is 101 Å². The van der Waals surface area contributed by atoms with Crippen molar-refractivity contribution < 1.29 is 4.79 Å². The summed E-state index contributed by atoms with van der Waals surface area (Å²) in [6.07, 6.45) is 7.08. The smallest absolute Gasteiger partial charge is 0.280 e. The Morgan fingerprint density at radius 2 is 1.79 bits per heavy atom. The molecule has 0 radical (unpaired) electrons. The number of hydrogen-bond donors (Lipinski definition) is 1. The van der Waals surface area contributed by atoms with Crippen LogP contribution in [0.5, 0.6) is 0 Å². The Hall–Kier alpha value is -4.53. The first-order valence-corrected chi connectivity index (χ1v) is 10.9. The van der Waals surface area contributed by atoms with Crippen molar-refractivity contribution in [3.8, 4) is 11.5 Å². The zero-order valence-corrected chi connectivity index (χ0v) is 18.8. The van der Waals surface area contributed by atoms with Crippen molar-refractivity contribution in [1.29, 1.82) is 0 Å². The number of aromatic nitrogens is 6. The summed E-state index contributed by atoms with van der Waals surface area (Å²) in [6.45, 7) is 3.77. The van der Waals surface area contributed by atoms with Crippen molar-refractivity contribution in [2.24, 2.45) is 0 Å². The monoisotopic (exact) mass is 453 g/mol. The quantitative estimate of drug-likeness (QED) is 0.426. The summed E-state index contributed by atoms with van der Waals surface area (Å²) in [6, 6.07) is 16.2. The number of fused-ring (bicyclic) bond motifs is 1. The molecule has 0 unspecified atom stereocenters. The summed E-state index contributed by atoms with van der Waals surface area (Å²) in [7, 11) is 0.